The number of aromatic hydroxyl groups is 1. The van der Waals surface area contributed by atoms with Gasteiger partial charge in [0.25, 0.3) is 0 Å². The predicted molar refractivity (Wildman–Crippen MR) is 157 cm³/mol. The number of benzene rings is 2. The van der Waals surface area contributed by atoms with Crippen LogP contribution in [0.2, 0.25) is 5.02 Å². The molecule has 1 saturated carbocycles. The van der Waals surface area contributed by atoms with Crippen LogP contribution < -0.4 is 15.3 Å². The molecule has 9 nitrogen and oxygen atoms in total. The topological polar surface area (TPSA) is 101 Å². The average molecular weight is 588 g/mol. The predicted octanol–water partition coefficient (Wildman–Crippen LogP) is 4.73. The Bertz CT molecular complexity index is 1850. The second-order valence-electron chi connectivity index (χ2n) is 10.9. The van der Waals surface area contributed by atoms with Crippen LogP contribution in [0, 0.1) is 12.7 Å². The molecule has 2 fully saturated rings. The molecule has 3 aliphatic rings. The lowest BCUT2D eigenvalue weighted by Gasteiger charge is -2.40. The van der Waals surface area contributed by atoms with E-state index in [4.69, 9.17) is 16.3 Å². The van der Waals surface area contributed by atoms with Crippen LogP contribution in [0.3, 0.4) is 0 Å². The Kier molecular flexibility index (Phi) is 6.20. The number of rotatable bonds is 4. The van der Waals surface area contributed by atoms with Crippen molar-refractivity contribution in [3.63, 3.8) is 0 Å². The van der Waals surface area contributed by atoms with E-state index in [1.165, 1.54) is 28.8 Å². The number of aryl methyl sites for hydroxylation is 1. The molecule has 42 heavy (non-hydrogen) atoms. The lowest BCUT2D eigenvalue weighted by Crippen LogP contribution is -2.56. The highest BCUT2D eigenvalue weighted by atomic mass is 35.5. The minimum Gasteiger partial charge on any atom is -0.507 e. The Morgan fingerprint density at radius 2 is 2.07 bits per heavy atom. The molecule has 2 aromatic carbocycles. The first-order valence-electron chi connectivity index (χ1n) is 13.8. The number of phenolic OH excluding ortho intramolecular Hbond substituents is 1. The molecule has 0 radical (unpaired) electrons. The van der Waals surface area contributed by atoms with Crippen LogP contribution in [0.5, 0.6) is 11.5 Å². The number of hydrogen-bond acceptors (Lipinski definition) is 7. The van der Waals surface area contributed by atoms with Crippen molar-refractivity contribution in [1.29, 1.82) is 0 Å². The molecule has 0 spiro atoms. The molecule has 1 amide bonds. The number of pyridine rings is 1. The first kappa shape index (κ1) is 26.5. The number of fused-ring (bicyclic) bond motifs is 2. The van der Waals surface area contributed by atoms with E-state index in [0.29, 0.717) is 42.0 Å². The summed E-state index contributed by atoms with van der Waals surface area (Å²) in [7, 11) is 0. The third-order valence-corrected chi connectivity index (χ3v) is 8.70. The number of hydrogen-bond donors (Lipinski definition) is 1. The highest BCUT2D eigenvalue weighted by molar-refractivity contribution is 6.36. The summed E-state index contributed by atoms with van der Waals surface area (Å²) in [5.74, 6) is -0.334. The zero-order valence-corrected chi connectivity index (χ0v) is 23.6. The minimum absolute atomic E-state index is 0.0837. The summed E-state index contributed by atoms with van der Waals surface area (Å²) in [6, 6.07) is 7.16. The number of piperazine rings is 1. The third kappa shape index (κ3) is 4.04. The van der Waals surface area contributed by atoms with Gasteiger partial charge in [-0.1, -0.05) is 24.2 Å². The third-order valence-electron chi connectivity index (χ3n) is 8.32. The standard InChI is InChI=1S/C31H27ClFN5O4/c1-3-23(40)36-11-12-37-18(14-36)15-42-29-25-21(13-19(26(29)32)24-20(33)5-4-6-22(24)39)38(31(41)35-30(25)37)28-16(2)9-10-34-27(28)17-7-8-17/h3-6,9-10,13,17-18,39H,1,7-8,11-12,14-15H2,2H3. The molecular weight excluding hydrogens is 561 g/mol. The van der Waals surface area contributed by atoms with Gasteiger partial charge in [0.15, 0.2) is 5.75 Å². The second-order valence-corrected chi connectivity index (χ2v) is 11.3. The van der Waals surface area contributed by atoms with Crippen molar-refractivity contribution >= 4 is 34.2 Å². The normalized spacial score (nSPS) is 17.9. The van der Waals surface area contributed by atoms with Crippen LogP contribution in [0.15, 0.2) is 54.0 Å². The lowest BCUT2D eigenvalue weighted by atomic mass is 10.00. The van der Waals surface area contributed by atoms with Crippen LogP contribution in [-0.2, 0) is 4.79 Å². The zero-order valence-electron chi connectivity index (χ0n) is 22.8. The summed E-state index contributed by atoms with van der Waals surface area (Å²) in [6.45, 7) is 6.79. The van der Waals surface area contributed by atoms with Crippen molar-refractivity contribution in [1.82, 2.24) is 19.4 Å². The van der Waals surface area contributed by atoms with E-state index in [1.807, 2.05) is 17.9 Å². The summed E-state index contributed by atoms with van der Waals surface area (Å²) in [6.07, 6.45) is 4.94. The van der Waals surface area contributed by atoms with Crippen molar-refractivity contribution in [3.8, 4) is 28.3 Å². The first-order chi connectivity index (χ1) is 20.3. The molecule has 11 heteroatoms. The summed E-state index contributed by atoms with van der Waals surface area (Å²) in [4.78, 5) is 39.4. The monoisotopic (exact) mass is 587 g/mol. The van der Waals surface area contributed by atoms with Crippen LogP contribution in [0.25, 0.3) is 27.7 Å². The van der Waals surface area contributed by atoms with E-state index in [9.17, 15) is 14.7 Å². The zero-order chi connectivity index (χ0) is 29.3. The van der Waals surface area contributed by atoms with Crippen molar-refractivity contribution in [2.75, 3.05) is 31.1 Å². The van der Waals surface area contributed by atoms with Gasteiger partial charge in [-0.25, -0.2) is 9.18 Å². The van der Waals surface area contributed by atoms with Crippen LogP contribution >= 0.6 is 11.6 Å². The van der Waals surface area contributed by atoms with E-state index in [-0.39, 0.29) is 52.1 Å². The van der Waals surface area contributed by atoms with Crippen molar-refractivity contribution in [2.45, 2.75) is 31.7 Å². The number of halogens is 2. The van der Waals surface area contributed by atoms with Crippen LogP contribution in [-0.4, -0.2) is 62.7 Å². The van der Waals surface area contributed by atoms with E-state index in [1.54, 1.807) is 17.2 Å². The Labute approximate surface area is 245 Å². The van der Waals surface area contributed by atoms with Gasteiger partial charge in [0.2, 0.25) is 5.91 Å². The van der Waals surface area contributed by atoms with Gasteiger partial charge in [0.1, 0.15) is 24.0 Å². The van der Waals surface area contributed by atoms with Gasteiger partial charge in [0.05, 0.1) is 38.9 Å². The molecule has 0 bridgehead atoms. The van der Waals surface area contributed by atoms with Crippen molar-refractivity contribution in [2.24, 2.45) is 0 Å². The molecule has 1 aliphatic carbocycles. The van der Waals surface area contributed by atoms with Gasteiger partial charge in [0, 0.05) is 37.3 Å². The van der Waals surface area contributed by atoms with E-state index >= 15 is 4.39 Å². The first-order valence-corrected chi connectivity index (χ1v) is 14.2. The maximum Gasteiger partial charge on any atom is 0.354 e. The Balaban J connectivity index is 1.56. The fraction of sp³-hybridized carbons (Fsp3) is 0.290. The number of ether oxygens (including phenoxy) is 1. The molecule has 214 valence electrons. The Hall–Kier alpha value is -4.44. The largest absolute Gasteiger partial charge is 0.507 e. The number of nitrogens with zero attached hydrogens (tertiary/aromatic N) is 5. The maximum absolute atomic E-state index is 15.3. The molecule has 4 aromatic rings. The van der Waals surface area contributed by atoms with Crippen LogP contribution in [0.1, 0.15) is 30.0 Å². The molecule has 1 saturated heterocycles. The fourth-order valence-corrected chi connectivity index (χ4v) is 6.43. The maximum atomic E-state index is 15.3. The van der Waals surface area contributed by atoms with Gasteiger partial charge >= 0.3 is 5.69 Å². The fourth-order valence-electron chi connectivity index (χ4n) is 6.14. The number of carbonyl (C=O) groups is 1. The van der Waals surface area contributed by atoms with E-state index in [2.05, 4.69) is 16.5 Å². The smallest absolute Gasteiger partial charge is 0.354 e. The summed E-state index contributed by atoms with van der Waals surface area (Å²) >= 11 is 6.98. The number of aromatic nitrogens is 3. The summed E-state index contributed by atoms with van der Waals surface area (Å²) in [5, 5.41) is 11.3. The van der Waals surface area contributed by atoms with E-state index in [0.717, 1.165) is 24.1 Å². The second kappa shape index (κ2) is 9.84. The number of phenols is 1. The average Bonchev–Trinajstić information content (AvgIpc) is 3.83. The molecule has 2 aromatic heterocycles. The molecule has 1 N–H and O–H groups in total. The van der Waals surface area contributed by atoms with Gasteiger partial charge in [-0.15, -0.1) is 0 Å². The number of amides is 1. The molecular formula is C31H27ClFN5O4. The van der Waals surface area contributed by atoms with Gasteiger partial charge in [-0.3, -0.25) is 14.3 Å². The van der Waals surface area contributed by atoms with E-state index < -0.39 is 11.5 Å². The van der Waals surface area contributed by atoms with Gasteiger partial charge < -0.3 is 19.6 Å². The van der Waals surface area contributed by atoms with Gasteiger partial charge in [-0.05, 0) is 55.7 Å². The minimum atomic E-state index is -0.674. The SMILES string of the molecule is C=CC(=O)N1CCN2c3nc(=O)n(-c4c(C)ccnc4C4CC4)c4cc(-c5c(O)cccc5F)c(Cl)c(c34)OCC2C1. The Morgan fingerprint density at radius 3 is 2.81 bits per heavy atom. The molecule has 1 unspecified atom stereocenters. The molecule has 7 rings (SSSR count). The van der Waals surface area contributed by atoms with Gasteiger partial charge in [-0.2, -0.15) is 4.98 Å². The van der Waals surface area contributed by atoms with Crippen molar-refractivity contribution < 1.29 is 19.0 Å². The summed E-state index contributed by atoms with van der Waals surface area (Å²) in [5.41, 5.74) is 2.22. The highest BCUT2D eigenvalue weighted by Crippen LogP contribution is 2.49. The molecule has 1 atom stereocenters. The molecule has 4 heterocycles. The quantitative estimate of drug-likeness (QED) is 0.345. The highest BCUT2D eigenvalue weighted by Gasteiger charge is 2.37. The number of anilines is 1. The van der Waals surface area contributed by atoms with Crippen LogP contribution in [0.4, 0.5) is 10.2 Å². The summed E-state index contributed by atoms with van der Waals surface area (Å²) < 4.78 is 23.1. The lowest BCUT2D eigenvalue weighted by molar-refractivity contribution is -0.126. The molecule has 2 aliphatic heterocycles. The number of carbonyl (C=O) groups excluding carboxylic acids is 1. The Morgan fingerprint density at radius 1 is 1.26 bits per heavy atom. The van der Waals surface area contributed by atoms with Crippen molar-refractivity contribution in [3.05, 3.63) is 81.8 Å².